The average molecular weight is 531 g/mol. The van der Waals surface area contributed by atoms with Gasteiger partial charge in [0, 0.05) is 37.3 Å². The molecule has 0 unspecified atom stereocenters. The summed E-state index contributed by atoms with van der Waals surface area (Å²) < 4.78 is 1.57. The number of carboxylic acid groups (broad SMARTS) is 1. The number of hydrogen-bond acceptors (Lipinski definition) is 6. The molecular formula is C30H34N4O5. The minimum Gasteiger partial charge on any atom is -0.478 e. The van der Waals surface area contributed by atoms with Crippen molar-refractivity contribution in [2.75, 3.05) is 18.4 Å². The molecule has 1 aromatic heterocycles. The van der Waals surface area contributed by atoms with Gasteiger partial charge in [-0.15, -0.1) is 0 Å². The predicted octanol–water partition coefficient (Wildman–Crippen LogP) is 3.89. The molecule has 0 radical (unpaired) electrons. The van der Waals surface area contributed by atoms with Crippen LogP contribution < -0.4 is 10.9 Å². The topological polar surface area (TPSA) is 125 Å². The molecule has 2 aromatic carbocycles. The summed E-state index contributed by atoms with van der Waals surface area (Å²) in [6.45, 7) is 4.83. The number of rotatable bonds is 6. The maximum atomic E-state index is 13.5. The Morgan fingerprint density at radius 1 is 1.18 bits per heavy atom. The number of fused-ring (bicyclic) bond motifs is 1. The van der Waals surface area contributed by atoms with Crippen LogP contribution in [0.3, 0.4) is 0 Å². The van der Waals surface area contributed by atoms with E-state index in [9.17, 15) is 24.6 Å². The van der Waals surface area contributed by atoms with Crippen LogP contribution in [0.15, 0.2) is 47.3 Å². The maximum Gasteiger partial charge on any atom is 0.337 e. The van der Waals surface area contributed by atoms with Gasteiger partial charge in [-0.1, -0.05) is 24.3 Å². The van der Waals surface area contributed by atoms with Crippen LogP contribution in [-0.2, 0) is 11.8 Å². The summed E-state index contributed by atoms with van der Waals surface area (Å²) in [6.07, 6.45) is 4.08. The van der Waals surface area contributed by atoms with Gasteiger partial charge in [0.25, 0.3) is 5.56 Å². The number of carbonyl (C=O) groups is 2. The van der Waals surface area contributed by atoms with Gasteiger partial charge in [0.2, 0.25) is 5.91 Å². The summed E-state index contributed by atoms with van der Waals surface area (Å²) in [4.78, 5) is 45.0. The molecule has 1 amide bonds. The van der Waals surface area contributed by atoms with E-state index in [1.165, 1.54) is 0 Å². The number of aliphatic hydroxyl groups is 1. The maximum absolute atomic E-state index is 13.5. The second-order valence-corrected chi connectivity index (χ2v) is 10.7. The van der Waals surface area contributed by atoms with Gasteiger partial charge in [-0.2, -0.15) is 0 Å². The highest BCUT2D eigenvalue weighted by atomic mass is 16.4. The van der Waals surface area contributed by atoms with Gasteiger partial charge in [0.05, 0.1) is 28.6 Å². The fourth-order valence-electron chi connectivity index (χ4n) is 5.79. The van der Waals surface area contributed by atoms with Crippen molar-refractivity contribution in [3.63, 3.8) is 0 Å². The van der Waals surface area contributed by atoms with Crippen molar-refractivity contribution < 1.29 is 19.8 Å². The van der Waals surface area contributed by atoms with E-state index < -0.39 is 12.1 Å². The summed E-state index contributed by atoms with van der Waals surface area (Å²) in [6, 6.07) is 10.2. The fraction of sp³-hybridized carbons (Fsp3) is 0.400. The van der Waals surface area contributed by atoms with Gasteiger partial charge in [0.1, 0.15) is 5.82 Å². The number of nitrogens with one attached hydrogen (secondary N) is 1. The van der Waals surface area contributed by atoms with Crippen LogP contribution in [0.5, 0.6) is 0 Å². The zero-order chi connectivity index (χ0) is 27.8. The van der Waals surface area contributed by atoms with Crippen molar-refractivity contribution in [3.8, 4) is 0 Å². The van der Waals surface area contributed by atoms with Crippen LogP contribution in [0.1, 0.15) is 66.0 Å². The number of nitrogens with zero attached hydrogens (tertiary/aromatic N) is 3. The number of aromatic nitrogens is 2. The number of anilines is 1. The Kier molecular flexibility index (Phi) is 7.27. The van der Waals surface area contributed by atoms with Gasteiger partial charge in [-0.25, -0.2) is 9.78 Å². The van der Waals surface area contributed by atoms with E-state index in [0.29, 0.717) is 54.8 Å². The van der Waals surface area contributed by atoms with Crippen molar-refractivity contribution in [1.29, 1.82) is 0 Å². The predicted molar refractivity (Wildman–Crippen MR) is 150 cm³/mol. The van der Waals surface area contributed by atoms with Crippen LogP contribution in [0.4, 0.5) is 5.69 Å². The molecule has 2 heterocycles. The first-order chi connectivity index (χ1) is 18.6. The molecule has 5 rings (SSSR count). The molecule has 39 heavy (non-hydrogen) atoms. The van der Waals surface area contributed by atoms with Crippen LogP contribution in [0.2, 0.25) is 0 Å². The molecule has 1 fully saturated rings. The molecule has 2 aliphatic rings. The highest BCUT2D eigenvalue weighted by Gasteiger charge is 2.32. The van der Waals surface area contributed by atoms with Gasteiger partial charge in [-0.05, 0) is 68.9 Å². The van der Waals surface area contributed by atoms with Crippen LogP contribution in [0, 0.1) is 12.8 Å². The van der Waals surface area contributed by atoms with Gasteiger partial charge >= 0.3 is 5.97 Å². The Hall–Kier alpha value is -3.98. The number of hydrogen-bond donors (Lipinski definition) is 3. The molecule has 1 aliphatic heterocycles. The Bertz CT molecular complexity index is 1540. The number of para-hydroxylation sites is 1. The van der Waals surface area contributed by atoms with E-state index in [1.807, 2.05) is 37.0 Å². The van der Waals surface area contributed by atoms with E-state index in [4.69, 9.17) is 4.98 Å². The molecular weight excluding hydrogens is 496 g/mol. The summed E-state index contributed by atoms with van der Waals surface area (Å²) in [7, 11) is 1.72. The van der Waals surface area contributed by atoms with Crippen molar-refractivity contribution in [3.05, 3.63) is 75.3 Å². The number of aliphatic hydroxyl groups excluding tert-OH is 1. The van der Waals surface area contributed by atoms with Crippen LogP contribution in [0.25, 0.3) is 16.5 Å². The minimum absolute atomic E-state index is 0.0847. The van der Waals surface area contributed by atoms with E-state index in [1.54, 1.807) is 35.9 Å². The number of benzene rings is 2. The number of amides is 1. The van der Waals surface area contributed by atoms with Crippen LogP contribution >= 0.6 is 0 Å². The smallest absolute Gasteiger partial charge is 0.337 e. The lowest BCUT2D eigenvalue weighted by Gasteiger charge is -2.29. The molecule has 0 bridgehead atoms. The van der Waals surface area contributed by atoms with Crippen molar-refractivity contribution in [2.45, 2.75) is 51.7 Å². The van der Waals surface area contributed by atoms with E-state index in [2.05, 4.69) is 5.32 Å². The largest absolute Gasteiger partial charge is 0.478 e. The third kappa shape index (κ3) is 5.18. The third-order valence-corrected chi connectivity index (χ3v) is 7.91. The molecule has 9 heteroatoms. The first-order valence-electron chi connectivity index (χ1n) is 13.4. The highest BCUT2D eigenvalue weighted by molar-refractivity contribution is 5.94. The molecule has 1 saturated carbocycles. The molecule has 0 saturated heterocycles. The average Bonchev–Trinajstić information content (AvgIpc) is 3.36. The zero-order valence-electron chi connectivity index (χ0n) is 22.5. The zero-order valence-corrected chi connectivity index (χ0v) is 22.5. The van der Waals surface area contributed by atoms with Crippen molar-refractivity contribution in [2.24, 2.45) is 13.0 Å². The number of aryl methyl sites for hydroxylation is 1. The molecule has 3 N–H and O–H groups in total. The molecule has 204 valence electrons. The number of carboxylic acids is 1. The van der Waals surface area contributed by atoms with E-state index in [-0.39, 0.29) is 29.0 Å². The monoisotopic (exact) mass is 530 g/mol. The summed E-state index contributed by atoms with van der Waals surface area (Å²) in [5.41, 5.74) is 3.71. The quantitative estimate of drug-likeness (QED) is 0.442. The highest BCUT2D eigenvalue weighted by Crippen LogP contribution is 2.31. The number of carbonyl (C=O) groups excluding carboxylic acids is 1. The lowest BCUT2D eigenvalue weighted by Crippen LogP contribution is -2.38. The van der Waals surface area contributed by atoms with E-state index >= 15 is 0 Å². The third-order valence-electron chi connectivity index (χ3n) is 7.91. The first kappa shape index (κ1) is 26.6. The van der Waals surface area contributed by atoms with Gasteiger partial charge in [0.15, 0.2) is 0 Å². The van der Waals surface area contributed by atoms with Crippen molar-refractivity contribution >= 4 is 34.0 Å². The molecule has 1 aliphatic carbocycles. The van der Waals surface area contributed by atoms with Crippen molar-refractivity contribution in [1.82, 2.24) is 14.5 Å². The fourth-order valence-corrected chi connectivity index (χ4v) is 5.79. The summed E-state index contributed by atoms with van der Waals surface area (Å²) in [5, 5.41) is 23.2. The Balaban J connectivity index is 1.48. The van der Waals surface area contributed by atoms with Gasteiger partial charge < -0.3 is 20.4 Å². The molecule has 3 aromatic rings. The Morgan fingerprint density at radius 3 is 2.62 bits per heavy atom. The van der Waals surface area contributed by atoms with Crippen LogP contribution in [-0.4, -0.2) is 55.7 Å². The molecule has 0 spiro atoms. The molecule has 9 nitrogen and oxygen atoms in total. The summed E-state index contributed by atoms with van der Waals surface area (Å²) >= 11 is 0. The number of aromatic carboxylic acids is 1. The second kappa shape index (κ2) is 10.6. The first-order valence-corrected chi connectivity index (χ1v) is 13.4. The Morgan fingerprint density at radius 2 is 1.95 bits per heavy atom. The Labute approximate surface area is 226 Å². The SMILES string of the molecule is Cc1cc([C@@H](C)Nc2ccccc2C(=O)O)c2nc(C3=CCN(C(=O)[C@@H]4CC[C@@H](O)C4)CC3)n(C)c(=O)c2c1. The lowest BCUT2D eigenvalue weighted by atomic mass is 9.99. The lowest BCUT2D eigenvalue weighted by molar-refractivity contribution is -0.135. The normalized spacial score (nSPS) is 20.1. The van der Waals surface area contributed by atoms with Gasteiger partial charge in [-0.3, -0.25) is 14.2 Å². The standard InChI is InChI=1S/C30H34N4O5/c1-17-14-23(18(2)31-25-7-5-4-6-22(25)30(38)39)26-24(15-17)29(37)33(3)27(32-26)19-10-12-34(13-11-19)28(36)20-8-9-21(35)16-20/h4-7,10,14-15,18,20-21,31,35H,8-9,11-13,16H2,1-3H3,(H,38,39)/t18-,20-,21-/m1/s1. The minimum atomic E-state index is -1.02. The summed E-state index contributed by atoms with van der Waals surface area (Å²) in [5.74, 6) is -0.487. The second-order valence-electron chi connectivity index (χ2n) is 10.7. The molecule has 3 atom stereocenters. The van der Waals surface area contributed by atoms with E-state index in [0.717, 1.165) is 23.1 Å².